The second-order valence-corrected chi connectivity index (χ2v) is 4.08. The van der Waals surface area contributed by atoms with Crippen molar-refractivity contribution in [1.82, 2.24) is 4.98 Å². The van der Waals surface area contributed by atoms with Crippen molar-refractivity contribution in [3.63, 3.8) is 0 Å². The summed E-state index contributed by atoms with van der Waals surface area (Å²) in [5, 5.41) is 4.23. The minimum Gasteiger partial charge on any atom is -0.383 e. The lowest BCUT2D eigenvalue weighted by Gasteiger charge is -2.06. The van der Waals surface area contributed by atoms with Gasteiger partial charge < -0.3 is 5.73 Å². The van der Waals surface area contributed by atoms with E-state index < -0.39 is 0 Å². The van der Waals surface area contributed by atoms with Crippen molar-refractivity contribution in [1.29, 1.82) is 0 Å². The van der Waals surface area contributed by atoms with Crippen LogP contribution in [0.25, 0.3) is 0 Å². The van der Waals surface area contributed by atoms with Crippen LogP contribution < -0.4 is 5.73 Å². The van der Waals surface area contributed by atoms with Crippen molar-refractivity contribution < 1.29 is 0 Å². The first-order valence-corrected chi connectivity index (χ1v) is 5.42. The Bertz CT molecular complexity index is 401. The molecular formula is C11H12N2S. The third kappa shape index (κ3) is 1.77. The molecule has 14 heavy (non-hydrogen) atoms. The van der Waals surface area contributed by atoms with E-state index in [1.54, 1.807) is 17.5 Å². The molecule has 3 heteroatoms. The molecule has 0 fully saturated rings. The van der Waals surface area contributed by atoms with E-state index in [1.807, 2.05) is 6.07 Å². The van der Waals surface area contributed by atoms with Crippen LogP contribution in [0.4, 0.5) is 5.82 Å². The maximum absolute atomic E-state index is 5.83. The molecule has 0 saturated heterocycles. The summed E-state index contributed by atoms with van der Waals surface area (Å²) >= 11 is 1.71. The van der Waals surface area contributed by atoms with Crippen molar-refractivity contribution in [2.45, 2.75) is 13.3 Å². The highest BCUT2D eigenvalue weighted by atomic mass is 32.1. The Hall–Kier alpha value is -1.35. The number of anilines is 1. The Morgan fingerprint density at radius 1 is 1.43 bits per heavy atom. The van der Waals surface area contributed by atoms with Crippen LogP contribution in [-0.4, -0.2) is 4.98 Å². The second-order valence-electron chi connectivity index (χ2n) is 3.30. The van der Waals surface area contributed by atoms with Crippen LogP contribution in [0.3, 0.4) is 0 Å². The summed E-state index contributed by atoms with van der Waals surface area (Å²) in [6.45, 7) is 2.07. The van der Waals surface area contributed by atoms with Gasteiger partial charge in [-0.3, -0.25) is 0 Å². The zero-order valence-electron chi connectivity index (χ0n) is 8.03. The Morgan fingerprint density at radius 3 is 2.93 bits per heavy atom. The Morgan fingerprint density at radius 2 is 2.29 bits per heavy atom. The Balaban J connectivity index is 2.33. The molecule has 0 atom stereocenters. The van der Waals surface area contributed by atoms with Crippen LogP contribution in [0.2, 0.25) is 0 Å². The number of aromatic nitrogens is 1. The first-order valence-electron chi connectivity index (χ1n) is 4.48. The Labute approximate surface area is 87.4 Å². The summed E-state index contributed by atoms with van der Waals surface area (Å²) in [7, 11) is 0. The number of hydrogen-bond donors (Lipinski definition) is 1. The van der Waals surface area contributed by atoms with Crippen molar-refractivity contribution in [3.8, 4) is 0 Å². The number of aryl methyl sites for hydroxylation is 1. The SMILES string of the molecule is Cc1ccnc(N)c1Cc1ccsc1. The normalized spacial score (nSPS) is 10.4. The predicted octanol–water partition coefficient (Wildman–Crippen LogP) is 2.62. The molecule has 2 heterocycles. The quantitative estimate of drug-likeness (QED) is 0.816. The molecule has 2 nitrogen and oxygen atoms in total. The third-order valence-electron chi connectivity index (χ3n) is 2.28. The van der Waals surface area contributed by atoms with Gasteiger partial charge in [-0.05, 0) is 40.9 Å². The van der Waals surface area contributed by atoms with Gasteiger partial charge in [0, 0.05) is 18.2 Å². The van der Waals surface area contributed by atoms with Gasteiger partial charge in [-0.2, -0.15) is 11.3 Å². The minimum atomic E-state index is 0.649. The first kappa shape index (κ1) is 9.21. The van der Waals surface area contributed by atoms with Crippen LogP contribution in [-0.2, 0) is 6.42 Å². The number of pyridine rings is 1. The smallest absolute Gasteiger partial charge is 0.127 e. The average Bonchev–Trinajstić information content (AvgIpc) is 2.64. The molecule has 0 bridgehead atoms. The van der Waals surface area contributed by atoms with Gasteiger partial charge in [0.25, 0.3) is 0 Å². The monoisotopic (exact) mass is 204 g/mol. The zero-order chi connectivity index (χ0) is 9.97. The molecule has 2 aromatic rings. The summed E-state index contributed by atoms with van der Waals surface area (Å²) in [4.78, 5) is 4.10. The lowest BCUT2D eigenvalue weighted by molar-refractivity contribution is 1.13. The molecule has 72 valence electrons. The summed E-state index contributed by atoms with van der Waals surface area (Å²) in [6.07, 6.45) is 2.64. The van der Waals surface area contributed by atoms with Crippen LogP contribution in [0, 0.1) is 6.92 Å². The molecule has 0 aliphatic heterocycles. The largest absolute Gasteiger partial charge is 0.383 e. The summed E-state index contributed by atoms with van der Waals surface area (Å²) in [5.41, 5.74) is 9.49. The number of nitrogens with two attached hydrogens (primary N) is 1. The maximum atomic E-state index is 5.83. The number of rotatable bonds is 2. The van der Waals surface area contributed by atoms with Crippen molar-refractivity contribution in [2.24, 2.45) is 0 Å². The molecule has 0 unspecified atom stereocenters. The topological polar surface area (TPSA) is 38.9 Å². The van der Waals surface area contributed by atoms with E-state index in [9.17, 15) is 0 Å². The Kier molecular flexibility index (Phi) is 2.50. The van der Waals surface area contributed by atoms with E-state index in [0.29, 0.717) is 5.82 Å². The zero-order valence-corrected chi connectivity index (χ0v) is 8.84. The lowest BCUT2D eigenvalue weighted by Crippen LogP contribution is -2.00. The standard InChI is InChI=1S/C11H12N2S/c1-8-2-4-13-11(12)10(8)6-9-3-5-14-7-9/h2-5,7H,6H2,1H3,(H2,12,13). The van der Waals surface area contributed by atoms with E-state index >= 15 is 0 Å². The fourth-order valence-electron chi connectivity index (χ4n) is 1.44. The van der Waals surface area contributed by atoms with Gasteiger partial charge in [0.1, 0.15) is 5.82 Å². The molecular weight excluding hydrogens is 192 g/mol. The second kappa shape index (κ2) is 3.80. The molecule has 0 spiro atoms. The van der Waals surface area contributed by atoms with Gasteiger partial charge in [0.05, 0.1) is 0 Å². The predicted molar refractivity (Wildman–Crippen MR) is 60.5 cm³/mol. The summed E-state index contributed by atoms with van der Waals surface area (Å²) < 4.78 is 0. The summed E-state index contributed by atoms with van der Waals surface area (Å²) in [6, 6.07) is 4.12. The van der Waals surface area contributed by atoms with E-state index in [1.165, 1.54) is 11.1 Å². The maximum Gasteiger partial charge on any atom is 0.127 e. The number of thiophene rings is 1. The number of nitrogen functional groups attached to an aromatic ring is 1. The minimum absolute atomic E-state index is 0.649. The summed E-state index contributed by atoms with van der Waals surface area (Å²) in [5.74, 6) is 0.649. The van der Waals surface area contributed by atoms with Gasteiger partial charge in [0.2, 0.25) is 0 Å². The molecule has 0 amide bonds. The van der Waals surface area contributed by atoms with Gasteiger partial charge in [-0.15, -0.1) is 0 Å². The van der Waals surface area contributed by atoms with Crippen molar-refractivity contribution in [3.05, 3.63) is 45.8 Å². The molecule has 2 N–H and O–H groups in total. The molecule has 0 aliphatic carbocycles. The molecule has 0 aliphatic rings. The van der Waals surface area contributed by atoms with Crippen LogP contribution >= 0.6 is 11.3 Å². The van der Waals surface area contributed by atoms with Crippen molar-refractivity contribution >= 4 is 17.2 Å². The van der Waals surface area contributed by atoms with Gasteiger partial charge in [0.15, 0.2) is 0 Å². The highest BCUT2D eigenvalue weighted by Crippen LogP contribution is 2.19. The van der Waals surface area contributed by atoms with Crippen LogP contribution in [0.15, 0.2) is 29.1 Å². The highest BCUT2D eigenvalue weighted by Gasteiger charge is 2.04. The first-order chi connectivity index (χ1) is 6.77. The molecule has 0 saturated carbocycles. The van der Waals surface area contributed by atoms with E-state index in [0.717, 1.165) is 12.0 Å². The fraction of sp³-hybridized carbons (Fsp3) is 0.182. The molecule has 2 aromatic heterocycles. The van der Waals surface area contributed by atoms with Crippen molar-refractivity contribution in [2.75, 3.05) is 5.73 Å². The molecule has 0 aromatic carbocycles. The average molecular weight is 204 g/mol. The van der Waals surface area contributed by atoms with Gasteiger partial charge >= 0.3 is 0 Å². The lowest BCUT2D eigenvalue weighted by atomic mass is 10.0. The van der Waals surface area contributed by atoms with Crippen LogP contribution in [0.5, 0.6) is 0 Å². The fourth-order valence-corrected chi connectivity index (χ4v) is 2.11. The van der Waals surface area contributed by atoms with Crippen LogP contribution in [0.1, 0.15) is 16.7 Å². The van der Waals surface area contributed by atoms with E-state index in [2.05, 4.69) is 28.7 Å². The van der Waals surface area contributed by atoms with E-state index in [4.69, 9.17) is 5.73 Å². The number of hydrogen-bond acceptors (Lipinski definition) is 3. The van der Waals surface area contributed by atoms with Gasteiger partial charge in [-0.1, -0.05) is 0 Å². The van der Waals surface area contributed by atoms with Gasteiger partial charge in [-0.25, -0.2) is 4.98 Å². The molecule has 0 radical (unpaired) electrons. The van der Waals surface area contributed by atoms with E-state index in [-0.39, 0.29) is 0 Å². The molecule has 2 rings (SSSR count). The highest BCUT2D eigenvalue weighted by molar-refractivity contribution is 7.07. The number of nitrogens with zero attached hydrogens (tertiary/aromatic N) is 1. The third-order valence-corrected chi connectivity index (χ3v) is 3.02.